The first-order chi connectivity index (χ1) is 8.63. The number of benzene rings is 1. The summed E-state index contributed by atoms with van der Waals surface area (Å²) < 4.78 is 28.6. The molecule has 1 aromatic carbocycles. The fourth-order valence-corrected chi connectivity index (χ4v) is 1.84. The van der Waals surface area contributed by atoms with Crippen LogP contribution in [0.3, 0.4) is 0 Å². The van der Waals surface area contributed by atoms with Gasteiger partial charge in [0.1, 0.15) is 0 Å². The van der Waals surface area contributed by atoms with Crippen molar-refractivity contribution in [2.45, 2.75) is 13.5 Å². The van der Waals surface area contributed by atoms with E-state index in [-0.39, 0.29) is 5.56 Å². The van der Waals surface area contributed by atoms with Crippen LogP contribution >= 0.6 is 0 Å². The monoisotopic (exact) mass is 251 g/mol. The lowest BCUT2D eigenvalue weighted by atomic mass is 10.1. The molecule has 0 fully saturated rings. The molecule has 1 aromatic heterocycles. The van der Waals surface area contributed by atoms with E-state index in [4.69, 9.17) is 0 Å². The van der Waals surface area contributed by atoms with Gasteiger partial charge in [0.2, 0.25) is 0 Å². The van der Waals surface area contributed by atoms with E-state index >= 15 is 0 Å². The number of rotatable bonds is 4. The minimum Gasteiger partial charge on any atom is -0.313 e. The molecule has 96 valence electrons. The van der Waals surface area contributed by atoms with Gasteiger partial charge in [-0.2, -0.15) is 5.10 Å². The Kier molecular flexibility index (Phi) is 3.72. The maximum absolute atomic E-state index is 13.8. The summed E-state index contributed by atoms with van der Waals surface area (Å²) in [6.07, 6.45) is 1.81. The van der Waals surface area contributed by atoms with Gasteiger partial charge in [-0.1, -0.05) is 13.0 Å². The van der Waals surface area contributed by atoms with E-state index in [2.05, 4.69) is 10.4 Å². The largest absolute Gasteiger partial charge is 0.313 e. The van der Waals surface area contributed by atoms with Crippen molar-refractivity contribution in [2.75, 3.05) is 6.54 Å². The van der Waals surface area contributed by atoms with Crippen molar-refractivity contribution >= 4 is 0 Å². The summed E-state index contributed by atoms with van der Waals surface area (Å²) >= 11 is 0. The molecule has 0 amide bonds. The smallest absolute Gasteiger partial charge is 0.168 e. The molecule has 0 saturated heterocycles. The molecule has 18 heavy (non-hydrogen) atoms. The van der Waals surface area contributed by atoms with Crippen LogP contribution in [0, 0.1) is 11.6 Å². The fraction of sp³-hybridized carbons (Fsp3) is 0.308. The number of hydrogen-bond acceptors (Lipinski definition) is 2. The highest BCUT2D eigenvalue weighted by atomic mass is 19.2. The number of hydrogen-bond donors (Lipinski definition) is 1. The van der Waals surface area contributed by atoms with E-state index in [1.807, 2.05) is 13.1 Å². The lowest BCUT2D eigenvalue weighted by molar-refractivity contribution is 0.510. The van der Waals surface area contributed by atoms with Crippen LogP contribution in [0.4, 0.5) is 8.78 Å². The molecule has 0 aliphatic rings. The molecule has 2 rings (SSSR count). The lowest BCUT2D eigenvalue weighted by Crippen LogP contribution is -2.12. The third-order valence-electron chi connectivity index (χ3n) is 2.68. The highest BCUT2D eigenvalue weighted by Crippen LogP contribution is 2.26. The average Bonchev–Trinajstić information content (AvgIpc) is 2.71. The summed E-state index contributed by atoms with van der Waals surface area (Å²) in [7, 11) is 1.76. The van der Waals surface area contributed by atoms with E-state index in [1.165, 1.54) is 12.1 Å². The molecule has 2 aromatic rings. The van der Waals surface area contributed by atoms with E-state index in [0.717, 1.165) is 18.2 Å². The Bertz CT molecular complexity index is 549. The van der Waals surface area contributed by atoms with Crippen LogP contribution in [-0.2, 0) is 13.6 Å². The van der Waals surface area contributed by atoms with Gasteiger partial charge in [-0.15, -0.1) is 0 Å². The summed E-state index contributed by atoms with van der Waals surface area (Å²) in [6, 6.07) is 4.13. The quantitative estimate of drug-likeness (QED) is 0.904. The molecule has 0 bridgehead atoms. The standard InChI is InChI=1S/C13H15F2N3/c1-3-16-7-9-8-18(2)17-13(9)10-5-4-6-11(14)12(10)15/h4-6,8,16H,3,7H2,1-2H3. The summed E-state index contributed by atoms with van der Waals surface area (Å²) in [5.74, 6) is -1.71. The lowest BCUT2D eigenvalue weighted by Gasteiger charge is -2.04. The van der Waals surface area contributed by atoms with Crippen LogP contribution < -0.4 is 5.32 Å². The first kappa shape index (κ1) is 12.7. The van der Waals surface area contributed by atoms with Gasteiger partial charge >= 0.3 is 0 Å². The fourth-order valence-electron chi connectivity index (χ4n) is 1.84. The van der Waals surface area contributed by atoms with Gasteiger partial charge in [-0.05, 0) is 18.7 Å². The van der Waals surface area contributed by atoms with Gasteiger partial charge in [0.15, 0.2) is 11.6 Å². The third kappa shape index (κ3) is 2.41. The van der Waals surface area contributed by atoms with Crippen molar-refractivity contribution in [3.8, 4) is 11.3 Å². The third-order valence-corrected chi connectivity index (χ3v) is 2.68. The predicted molar refractivity (Wildman–Crippen MR) is 65.9 cm³/mol. The molecular formula is C13H15F2N3. The molecule has 0 saturated carbocycles. The Morgan fingerprint density at radius 2 is 2.11 bits per heavy atom. The van der Waals surface area contributed by atoms with Crippen LogP contribution in [0.15, 0.2) is 24.4 Å². The molecule has 0 unspecified atom stereocenters. The molecule has 0 spiro atoms. The number of aryl methyl sites for hydroxylation is 1. The molecule has 3 nitrogen and oxygen atoms in total. The molecular weight excluding hydrogens is 236 g/mol. The van der Waals surface area contributed by atoms with E-state index in [0.29, 0.717) is 12.2 Å². The van der Waals surface area contributed by atoms with Crippen molar-refractivity contribution in [2.24, 2.45) is 7.05 Å². The Morgan fingerprint density at radius 1 is 1.33 bits per heavy atom. The Labute approximate surface area is 104 Å². The SMILES string of the molecule is CCNCc1cn(C)nc1-c1cccc(F)c1F. The number of nitrogens with zero attached hydrogens (tertiary/aromatic N) is 2. The number of aromatic nitrogens is 2. The minimum absolute atomic E-state index is 0.198. The van der Waals surface area contributed by atoms with Crippen molar-refractivity contribution in [3.63, 3.8) is 0 Å². The average molecular weight is 251 g/mol. The molecule has 0 radical (unpaired) electrons. The van der Waals surface area contributed by atoms with Gasteiger partial charge in [0, 0.05) is 30.9 Å². The van der Waals surface area contributed by atoms with E-state index in [1.54, 1.807) is 11.7 Å². The molecule has 0 aliphatic carbocycles. The van der Waals surface area contributed by atoms with E-state index < -0.39 is 11.6 Å². The maximum Gasteiger partial charge on any atom is 0.168 e. The second-order valence-electron chi connectivity index (χ2n) is 4.06. The maximum atomic E-state index is 13.8. The van der Waals surface area contributed by atoms with Crippen LogP contribution in [0.1, 0.15) is 12.5 Å². The van der Waals surface area contributed by atoms with Crippen molar-refractivity contribution in [1.82, 2.24) is 15.1 Å². The Morgan fingerprint density at radius 3 is 2.83 bits per heavy atom. The summed E-state index contributed by atoms with van der Waals surface area (Å²) in [5, 5.41) is 7.36. The second kappa shape index (κ2) is 5.27. The Balaban J connectivity index is 2.46. The van der Waals surface area contributed by atoms with Gasteiger partial charge in [0.05, 0.1) is 5.69 Å². The first-order valence-corrected chi connectivity index (χ1v) is 5.81. The van der Waals surface area contributed by atoms with Gasteiger partial charge < -0.3 is 5.32 Å². The highest BCUT2D eigenvalue weighted by Gasteiger charge is 2.16. The van der Waals surface area contributed by atoms with Crippen LogP contribution in [0.2, 0.25) is 0 Å². The predicted octanol–water partition coefficient (Wildman–Crippen LogP) is 2.47. The summed E-state index contributed by atoms with van der Waals surface area (Å²) in [5.41, 5.74) is 1.53. The van der Waals surface area contributed by atoms with Crippen LogP contribution in [0.25, 0.3) is 11.3 Å². The highest BCUT2D eigenvalue weighted by molar-refractivity contribution is 5.63. The summed E-state index contributed by atoms with van der Waals surface area (Å²) in [6.45, 7) is 3.37. The van der Waals surface area contributed by atoms with Crippen LogP contribution in [-0.4, -0.2) is 16.3 Å². The molecule has 0 aliphatic heterocycles. The Hall–Kier alpha value is -1.75. The zero-order valence-electron chi connectivity index (χ0n) is 10.4. The molecule has 5 heteroatoms. The zero-order chi connectivity index (χ0) is 13.1. The van der Waals surface area contributed by atoms with Gasteiger partial charge in [-0.3, -0.25) is 4.68 Å². The molecule has 1 heterocycles. The molecule has 0 atom stereocenters. The topological polar surface area (TPSA) is 29.9 Å². The number of nitrogens with one attached hydrogen (secondary N) is 1. The number of halogens is 2. The second-order valence-corrected chi connectivity index (χ2v) is 4.06. The van der Waals surface area contributed by atoms with Crippen LogP contribution in [0.5, 0.6) is 0 Å². The van der Waals surface area contributed by atoms with Crippen molar-refractivity contribution < 1.29 is 8.78 Å². The zero-order valence-corrected chi connectivity index (χ0v) is 10.4. The minimum atomic E-state index is -0.854. The summed E-state index contributed by atoms with van der Waals surface area (Å²) in [4.78, 5) is 0. The van der Waals surface area contributed by atoms with Crippen molar-refractivity contribution in [1.29, 1.82) is 0 Å². The van der Waals surface area contributed by atoms with Gasteiger partial charge in [0.25, 0.3) is 0 Å². The van der Waals surface area contributed by atoms with E-state index in [9.17, 15) is 8.78 Å². The van der Waals surface area contributed by atoms with Gasteiger partial charge in [-0.25, -0.2) is 8.78 Å². The molecule has 1 N–H and O–H groups in total. The normalized spacial score (nSPS) is 10.9. The van der Waals surface area contributed by atoms with Crippen molar-refractivity contribution in [3.05, 3.63) is 41.6 Å². The first-order valence-electron chi connectivity index (χ1n) is 5.81.